The summed E-state index contributed by atoms with van der Waals surface area (Å²) >= 11 is 0. The molecule has 1 amide bonds. The maximum Gasteiger partial charge on any atom is 0.312 e. The van der Waals surface area contributed by atoms with Crippen molar-refractivity contribution in [1.29, 1.82) is 0 Å². The number of nitro benzene ring substituents is 1. The number of carbonyl (C=O) groups is 1. The van der Waals surface area contributed by atoms with E-state index in [4.69, 9.17) is 19.9 Å². The Bertz CT molecular complexity index is 1630. The second-order valence-electron chi connectivity index (χ2n) is 9.48. The van der Waals surface area contributed by atoms with Crippen molar-refractivity contribution in [2.75, 3.05) is 19.8 Å². The molecule has 1 aromatic carbocycles. The first-order valence-corrected chi connectivity index (χ1v) is 13.7. The molecule has 1 aliphatic heterocycles. The van der Waals surface area contributed by atoms with Gasteiger partial charge in [0.15, 0.2) is 5.75 Å². The van der Waals surface area contributed by atoms with Gasteiger partial charge in [-0.1, -0.05) is 18.2 Å². The number of sulfone groups is 1. The van der Waals surface area contributed by atoms with Crippen LogP contribution < -0.4 is 15.2 Å². The number of rotatable bonds is 9. The molecule has 0 spiro atoms. The fourth-order valence-corrected chi connectivity index (χ4v) is 6.54. The molecule has 1 aliphatic carbocycles. The number of primary amides is 1. The molecule has 40 heavy (non-hydrogen) atoms. The predicted molar refractivity (Wildman–Crippen MR) is 140 cm³/mol. The zero-order valence-electron chi connectivity index (χ0n) is 21.0. The number of alkyl halides is 1. The molecule has 5 rings (SSSR count). The fraction of sp³-hybridized carbons (Fsp3) is 0.308. The summed E-state index contributed by atoms with van der Waals surface area (Å²) in [5, 5.41) is 12.5. The van der Waals surface area contributed by atoms with E-state index in [0.717, 1.165) is 24.3 Å². The molecule has 0 bridgehead atoms. The molecule has 0 saturated carbocycles. The van der Waals surface area contributed by atoms with Gasteiger partial charge in [0.2, 0.25) is 20.7 Å². The molecule has 1 saturated heterocycles. The number of nitrogens with zero attached hydrogens (tertiary/aromatic N) is 2. The van der Waals surface area contributed by atoms with E-state index in [1.807, 2.05) is 0 Å². The van der Waals surface area contributed by atoms with Crippen LogP contribution in [-0.4, -0.2) is 59.6 Å². The van der Waals surface area contributed by atoms with Gasteiger partial charge in [-0.3, -0.25) is 14.9 Å². The van der Waals surface area contributed by atoms with Gasteiger partial charge in [0.1, 0.15) is 29.6 Å². The lowest BCUT2D eigenvalue weighted by atomic mass is 9.96. The maximum atomic E-state index is 15.0. The number of ether oxygens (including phenoxy) is 3. The zero-order valence-corrected chi connectivity index (χ0v) is 21.8. The van der Waals surface area contributed by atoms with E-state index in [9.17, 15) is 23.3 Å². The van der Waals surface area contributed by atoms with Crippen LogP contribution in [0.5, 0.6) is 11.5 Å². The number of aromatic nitrogens is 2. The van der Waals surface area contributed by atoms with Crippen LogP contribution in [0.1, 0.15) is 12.8 Å². The van der Waals surface area contributed by atoms with Gasteiger partial charge < -0.3 is 24.9 Å². The molecule has 12 nitrogen and oxygen atoms in total. The number of H-pyrrole nitrogens is 1. The highest BCUT2D eigenvalue weighted by Crippen LogP contribution is 2.42. The lowest BCUT2D eigenvalue weighted by Gasteiger charge is -2.36. The summed E-state index contributed by atoms with van der Waals surface area (Å²) in [5.74, 6) is -2.80. The van der Waals surface area contributed by atoms with E-state index in [-0.39, 0.29) is 37.6 Å². The van der Waals surface area contributed by atoms with Crippen molar-refractivity contribution >= 4 is 32.5 Å². The van der Waals surface area contributed by atoms with Gasteiger partial charge in [0.05, 0.1) is 16.0 Å². The van der Waals surface area contributed by atoms with Crippen molar-refractivity contribution in [2.24, 2.45) is 11.7 Å². The van der Waals surface area contributed by atoms with Crippen LogP contribution in [0.3, 0.4) is 0 Å². The highest BCUT2D eigenvalue weighted by Gasteiger charge is 2.54. The Morgan fingerprint density at radius 3 is 2.75 bits per heavy atom. The van der Waals surface area contributed by atoms with E-state index >= 15 is 4.39 Å². The Morgan fingerprint density at radius 2 is 2.02 bits per heavy atom. The van der Waals surface area contributed by atoms with Gasteiger partial charge in [-0.25, -0.2) is 17.8 Å². The van der Waals surface area contributed by atoms with Crippen molar-refractivity contribution in [3.8, 4) is 11.5 Å². The van der Waals surface area contributed by atoms with E-state index < -0.39 is 54.4 Å². The third-order valence-electron chi connectivity index (χ3n) is 6.87. The topological polar surface area (TPSA) is 177 Å². The van der Waals surface area contributed by atoms with Gasteiger partial charge in [-0.2, -0.15) is 0 Å². The van der Waals surface area contributed by atoms with Crippen molar-refractivity contribution in [3.63, 3.8) is 0 Å². The van der Waals surface area contributed by atoms with Crippen molar-refractivity contribution in [2.45, 2.75) is 28.3 Å². The average molecular weight is 573 g/mol. The fourth-order valence-electron chi connectivity index (χ4n) is 4.67. The highest BCUT2D eigenvalue weighted by atomic mass is 32.2. The van der Waals surface area contributed by atoms with E-state index in [1.165, 1.54) is 30.5 Å². The quantitative estimate of drug-likeness (QED) is 0.288. The molecule has 210 valence electrons. The first kappa shape index (κ1) is 27.3. The molecular formula is C26H25FN4O8S. The van der Waals surface area contributed by atoms with E-state index in [0.29, 0.717) is 11.0 Å². The van der Waals surface area contributed by atoms with Crippen LogP contribution >= 0.6 is 0 Å². The van der Waals surface area contributed by atoms with Gasteiger partial charge in [-0.15, -0.1) is 0 Å². The largest absolute Gasteiger partial charge is 0.483 e. The SMILES string of the molecule is NC(=O)C1C=CC=CC1(Oc1cnc2[nH]ccc2c1)S(=O)(=O)c1ccc(OCC2(F)CCOCC2)c([N+](=O)[O-])c1. The minimum atomic E-state index is -4.72. The summed E-state index contributed by atoms with van der Waals surface area (Å²) in [6.45, 7) is -0.0875. The average Bonchev–Trinajstić information content (AvgIpc) is 3.40. The number of allylic oxidation sites excluding steroid dienone is 2. The molecule has 3 N–H and O–H groups in total. The minimum absolute atomic E-state index is 0.0148. The number of nitrogens with one attached hydrogen (secondary N) is 1. The number of halogens is 1. The molecule has 3 heterocycles. The standard InChI is InChI=1S/C26H25FN4O8S/c27-25(8-11-37-12-9-25)16-38-22-5-4-19(14-21(22)31(33)34)40(35,36)26(7-2-1-3-20(26)23(28)32)39-18-13-17-6-10-29-24(17)30-15-18/h1-7,10,13-15,20H,8-9,11-12,16H2,(H2,28,32)(H,29,30). The molecule has 2 aliphatic rings. The molecular weight excluding hydrogens is 547 g/mol. The Labute approximate surface area is 227 Å². The smallest absolute Gasteiger partial charge is 0.312 e. The maximum absolute atomic E-state index is 15.0. The number of hydrogen-bond donors (Lipinski definition) is 2. The number of amides is 1. The van der Waals surface area contributed by atoms with Gasteiger partial charge >= 0.3 is 5.69 Å². The normalized spacial score (nSPS) is 22.2. The molecule has 3 aromatic rings. The summed E-state index contributed by atoms with van der Waals surface area (Å²) < 4.78 is 60.0. The van der Waals surface area contributed by atoms with Crippen LogP contribution in [0.25, 0.3) is 11.0 Å². The number of nitro groups is 1. The molecule has 2 atom stereocenters. The van der Waals surface area contributed by atoms with Crippen LogP contribution in [0.4, 0.5) is 10.1 Å². The first-order valence-electron chi connectivity index (χ1n) is 12.2. The summed E-state index contributed by atoms with van der Waals surface area (Å²) in [5.41, 5.74) is 3.69. The Morgan fingerprint density at radius 1 is 1.25 bits per heavy atom. The number of fused-ring (bicyclic) bond motifs is 1. The predicted octanol–water partition coefficient (Wildman–Crippen LogP) is 3.15. The Balaban J connectivity index is 1.55. The minimum Gasteiger partial charge on any atom is -0.483 e. The number of nitrogens with two attached hydrogens (primary N) is 1. The number of carbonyl (C=O) groups excluding carboxylic acids is 1. The third kappa shape index (κ3) is 4.91. The number of aromatic amines is 1. The molecule has 2 unspecified atom stereocenters. The summed E-state index contributed by atoms with van der Waals surface area (Å²) in [6, 6.07) is 6.18. The Hall–Kier alpha value is -4.30. The van der Waals surface area contributed by atoms with Crippen LogP contribution in [0.2, 0.25) is 0 Å². The van der Waals surface area contributed by atoms with Crippen molar-refractivity contribution in [1.82, 2.24) is 9.97 Å². The lowest BCUT2D eigenvalue weighted by Crippen LogP contribution is -2.53. The van der Waals surface area contributed by atoms with Gasteiger partial charge in [0.25, 0.3) is 0 Å². The summed E-state index contributed by atoms with van der Waals surface area (Å²) in [4.78, 5) is 27.8. The summed E-state index contributed by atoms with van der Waals surface area (Å²) in [7, 11) is -4.72. The number of hydrogen-bond acceptors (Lipinski definition) is 9. The molecule has 1 fully saturated rings. The molecule has 0 radical (unpaired) electrons. The van der Waals surface area contributed by atoms with Crippen LogP contribution in [0.15, 0.2) is 71.9 Å². The van der Waals surface area contributed by atoms with E-state index in [1.54, 1.807) is 12.3 Å². The second-order valence-corrected chi connectivity index (χ2v) is 11.6. The van der Waals surface area contributed by atoms with Gasteiger partial charge in [0, 0.05) is 43.7 Å². The van der Waals surface area contributed by atoms with Crippen LogP contribution in [0, 0.1) is 16.0 Å². The zero-order chi connectivity index (χ0) is 28.5. The first-order chi connectivity index (χ1) is 19.0. The number of pyridine rings is 1. The highest BCUT2D eigenvalue weighted by molar-refractivity contribution is 7.93. The third-order valence-corrected chi connectivity index (χ3v) is 9.06. The monoisotopic (exact) mass is 572 g/mol. The second kappa shape index (κ2) is 10.4. The van der Waals surface area contributed by atoms with Crippen molar-refractivity contribution < 1.29 is 36.7 Å². The summed E-state index contributed by atoms with van der Waals surface area (Å²) in [6.07, 6.45) is 8.30. The number of benzene rings is 1. The molecule has 2 aromatic heterocycles. The molecule has 14 heteroatoms. The van der Waals surface area contributed by atoms with Gasteiger partial charge in [-0.05, 0) is 30.3 Å². The van der Waals surface area contributed by atoms with Crippen LogP contribution in [-0.2, 0) is 19.4 Å². The van der Waals surface area contributed by atoms with Crippen molar-refractivity contribution in [3.05, 3.63) is 77.1 Å². The lowest BCUT2D eigenvalue weighted by molar-refractivity contribution is -0.386. The van der Waals surface area contributed by atoms with E-state index in [2.05, 4.69) is 9.97 Å². The Kier molecular flexibility index (Phi) is 7.06.